The first kappa shape index (κ1) is 14.3. The van der Waals surface area contributed by atoms with Crippen molar-refractivity contribution in [2.24, 2.45) is 34.0 Å². The largest absolute Gasteiger partial charge is 0.396 e. The topological polar surface area (TPSA) is 20.2 Å². The molecule has 1 N–H and O–H groups in total. The monoisotopic (exact) mass is 288 g/mol. The lowest BCUT2D eigenvalue weighted by Gasteiger charge is -2.64. The maximum Gasteiger partial charge on any atom is 0.0493 e. The van der Waals surface area contributed by atoms with Gasteiger partial charge in [-0.2, -0.15) is 0 Å². The summed E-state index contributed by atoms with van der Waals surface area (Å²) in [5.41, 5.74) is 2.72. The molecule has 1 heteroatoms. The number of fused-ring (bicyclic) bond motifs is 3. The van der Waals surface area contributed by atoms with Crippen molar-refractivity contribution in [3.8, 4) is 0 Å². The fourth-order valence-corrected chi connectivity index (χ4v) is 7.64. The average Bonchev–Trinajstić information content (AvgIpc) is 2.67. The zero-order chi connectivity index (χ0) is 14.9. The second-order valence-corrected chi connectivity index (χ2v) is 9.55. The van der Waals surface area contributed by atoms with Gasteiger partial charge in [-0.25, -0.2) is 0 Å². The minimum atomic E-state index is 0.232. The Hall–Kier alpha value is -0.300. The van der Waals surface area contributed by atoms with E-state index in [1.807, 2.05) is 0 Å². The normalized spacial score (nSPS) is 51.4. The van der Waals surface area contributed by atoms with Crippen LogP contribution in [0.3, 0.4) is 0 Å². The molecule has 0 aromatic heterocycles. The summed E-state index contributed by atoms with van der Waals surface area (Å²) < 4.78 is 0. The summed E-state index contributed by atoms with van der Waals surface area (Å²) in [6.07, 6.45) is 12.1. The molecule has 5 atom stereocenters. The second-order valence-electron chi connectivity index (χ2n) is 9.55. The van der Waals surface area contributed by atoms with Crippen LogP contribution in [0.4, 0.5) is 0 Å². The van der Waals surface area contributed by atoms with E-state index in [2.05, 4.69) is 20.4 Å². The molecule has 21 heavy (non-hydrogen) atoms. The van der Waals surface area contributed by atoms with Crippen LogP contribution in [0.5, 0.6) is 0 Å². The van der Waals surface area contributed by atoms with Crippen molar-refractivity contribution >= 4 is 0 Å². The van der Waals surface area contributed by atoms with Gasteiger partial charge in [-0.05, 0) is 80.0 Å². The molecule has 0 saturated heterocycles. The Balaban J connectivity index is 1.77. The lowest BCUT2D eigenvalue weighted by molar-refractivity contribution is -0.173. The molecular weight excluding hydrogens is 256 g/mol. The van der Waals surface area contributed by atoms with E-state index >= 15 is 0 Å². The van der Waals surface area contributed by atoms with Crippen LogP contribution < -0.4 is 0 Å². The molecular formula is C20H32O. The zero-order valence-electron chi connectivity index (χ0n) is 14.0. The van der Waals surface area contributed by atoms with Crippen LogP contribution >= 0.6 is 0 Å². The maximum absolute atomic E-state index is 10.5. The van der Waals surface area contributed by atoms with Crippen LogP contribution in [0, 0.1) is 34.0 Å². The first-order valence-corrected chi connectivity index (χ1v) is 9.22. The molecule has 4 fully saturated rings. The minimum Gasteiger partial charge on any atom is -0.396 e. The number of aliphatic hydroxyl groups excluding tert-OH is 1. The van der Waals surface area contributed by atoms with Crippen molar-refractivity contribution in [1.29, 1.82) is 0 Å². The summed E-state index contributed by atoms with van der Waals surface area (Å²) >= 11 is 0. The molecule has 0 aliphatic heterocycles. The lowest BCUT2D eigenvalue weighted by Crippen LogP contribution is -2.58. The summed E-state index contributed by atoms with van der Waals surface area (Å²) in [6, 6.07) is 0. The molecule has 0 radical (unpaired) electrons. The summed E-state index contributed by atoms with van der Waals surface area (Å²) in [5.74, 6) is 2.32. The van der Waals surface area contributed by atoms with Crippen LogP contribution in [0.2, 0.25) is 0 Å². The fourth-order valence-electron chi connectivity index (χ4n) is 7.64. The average molecular weight is 288 g/mol. The van der Waals surface area contributed by atoms with Gasteiger partial charge in [0.15, 0.2) is 0 Å². The van der Waals surface area contributed by atoms with E-state index in [1.54, 1.807) is 5.57 Å². The molecule has 4 aliphatic carbocycles. The van der Waals surface area contributed by atoms with Crippen molar-refractivity contribution in [3.05, 3.63) is 12.2 Å². The van der Waals surface area contributed by atoms with Crippen LogP contribution in [-0.4, -0.2) is 11.7 Å². The lowest BCUT2D eigenvalue weighted by atomic mass is 9.41. The van der Waals surface area contributed by atoms with Crippen LogP contribution in [0.25, 0.3) is 0 Å². The van der Waals surface area contributed by atoms with Crippen LogP contribution in [0.15, 0.2) is 12.2 Å². The van der Waals surface area contributed by atoms with E-state index in [0.29, 0.717) is 17.4 Å². The highest BCUT2D eigenvalue weighted by Crippen LogP contribution is 2.72. The predicted molar refractivity (Wildman–Crippen MR) is 86.9 cm³/mol. The first-order valence-electron chi connectivity index (χ1n) is 9.22. The van der Waals surface area contributed by atoms with Crippen LogP contribution in [0.1, 0.15) is 71.6 Å². The van der Waals surface area contributed by atoms with E-state index < -0.39 is 0 Å². The quantitative estimate of drug-likeness (QED) is 0.677. The van der Waals surface area contributed by atoms with Crippen molar-refractivity contribution < 1.29 is 5.11 Å². The minimum absolute atomic E-state index is 0.232. The molecule has 2 bridgehead atoms. The summed E-state index contributed by atoms with van der Waals surface area (Å²) in [6.45, 7) is 9.78. The summed E-state index contributed by atoms with van der Waals surface area (Å²) in [4.78, 5) is 0. The molecule has 0 aromatic rings. The maximum atomic E-state index is 10.5. The van der Waals surface area contributed by atoms with E-state index in [1.165, 1.54) is 57.8 Å². The molecule has 0 unspecified atom stereocenters. The zero-order valence-corrected chi connectivity index (χ0v) is 14.0. The molecule has 4 aliphatic rings. The molecule has 118 valence electrons. The van der Waals surface area contributed by atoms with Gasteiger partial charge in [0, 0.05) is 12.0 Å². The van der Waals surface area contributed by atoms with Crippen molar-refractivity contribution in [2.45, 2.75) is 71.6 Å². The highest BCUT2D eigenvalue weighted by Gasteiger charge is 2.64. The van der Waals surface area contributed by atoms with Gasteiger partial charge >= 0.3 is 0 Å². The van der Waals surface area contributed by atoms with Gasteiger partial charge in [0.25, 0.3) is 0 Å². The van der Waals surface area contributed by atoms with Crippen molar-refractivity contribution in [1.82, 2.24) is 0 Å². The van der Waals surface area contributed by atoms with Gasteiger partial charge in [-0.1, -0.05) is 32.4 Å². The molecule has 4 saturated carbocycles. The fraction of sp³-hybridized carbons (Fsp3) is 0.900. The Morgan fingerprint density at radius 1 is 1.10 bits per heavy atom. The standard InChI is InChI=1S/C20H32O/c1-14-11-19-10-7-16-18(2,3)8-4-9-20(16,13-21)17(19)6-5-15(14)12-19/h15-17,21H,1,4-13H2,2-3H3/t15-,16-,17-,19-,20+/m0/s1. The van der Waals surface area contributed by atoms with Crippen LogP contribution in [-0.2, 0) is 0 Å². The Labute approximate surface area is 130 Å². The number of rotatable bonds is 1. The van der Waals surface area contributed by atoms with Gasteiger partial charge in [-0.3, -0.25) is 0 Å². The highest BCUT2D eigenvalue weighted by molar-refractivity contribution is 5.22. The Morgan fingerprint density at radius 2 is 1.90 bits per heavy atom. The number of hydrogen-bond acceptors (Lipinski definition) is 1. The summed E-state index contributed by atoms with van der Waals surface area (Å²) in [5, 5.41) is 10.5. The molecule has 1 nitrogen and oxygen atoms in total. The van der Waals surface area contributed by atoms with Gasteiger partial charge in [0.05, 0.1) is 0 Å². The molecule has 1 spiro atoms. The summed E-state index contributed by atoms with van der Waals surface area (Å²) in [7, 11) is 0. The third kappa shape index (κ3) is 1.73. The molecule has 0 amide bonds. The second kappa shape index (κ2) is 4.37. The van der Waals surface area contributed by atoms with Gasteiger partial charge in [-0.15, -0.1) is 0 Å². The molecule has 0 heterocycles. The SMILES string of the molecule is C=C1C[C@]23CC[C@H]4C(C)(C)CCC[C@]4(CO)[C@H]2CC[C@H]1C3. The Kier molecular flexibility index (Phi) is 2.98. The van der Waals surface area contributed by atoms with Gasteiger partial charge < -0.3 is 5.11 Å². The van der Waals surface area contributed by atoms with E-state index in [-0.39, 0.29) is 5.41 Å². The molecule has 4 rings (SSSR count). The van der Waals surface area contributed by atoms with Crippen molar-refractivity contribution in [3.63, 3.8) is 0 Å². The third-order valence-corrected chi connectivity index (χ3v) is 8.37. The number of allylic oxidation sites excluding steroid dienone is 1. The van der Waals surface area contributed by atoms with E-state index in [9.17, 15) is 5.11 Å². The Morgan fingerprint density at radius 3 is 2.67 bits per heavy atom. The van der Waals surface area contributed by atoms with E-state index in [0.717, 1.165) is 17.8 Å². The molecule has 0 aromatic carbocycles. The Bertz CT molecular complexity index is 464. The number of hydrogen-bond donors (Lipinski definition) is 1. The predicted octanol–water partition coefficient (Wildman–Crippen LogP) is 4.95. The third-order valence-electron chi connectivity index (χ3n) is 8.37. The van der Waals surface area contributed by atoms with Gasteiger partial charge in [0.2, 0.25) is 0 Å². The van der Waals surface area contributed by atoms with E-state index in [4.69, 9.17) is 0 Å². The van der Waals surface area contributed by atoms with Gasteiger partial charge in [0.1, 0.15) is 0 Å². The number of aliphatic hydroxyl groups is 1. The smallest absolute Gasteiger partial charge is 0.0493 e. The first-order chi connectivity index (χ1) is 9.94. The highest BCUT2D eigenvalue weighted by atomic mass is 16.3. The van der Waals surface area contributed by atoms with Crippen molar-refractivity contribution in [2.75, 3.05) is 6.61 Å².